The number of carbonyl (C=O) groups excluding carboxylic acids is 1. The number of benzene rings is 1. The van der Waals surface area contributed by atoms with Crippen molar-refractivity contribution in [2.75, 3.05) is 0 Å². The largest absolute Gasteiger partial charge is 0.479 e. The third-order valence-corrected chi connectivity index (χ3v) is 3.26. The van der Waals surface area contributed by atoms with Crippen LogP contribution in [0.4, 0.5) is 0 Å². The molecule has 2 rings (SSSR count). The summed E-state index contributed by atoms with van der Waals surface area (Å²) < 4.78 is 0. The van der Waals surface area contributed by atoms with E-state index in [9.17, 15) is 14.7 Å². The Morgan fingerprint density at radius 2 is 1.76 bits per heavy atom. The molecule has 0 aliphatic heterocycles. The van der Waals surface area contributed by atoms with Gasteiger partial charge >= 0.3 is 5.97 Å². The van der Waals surface area contributed by atoms with Crippen molar-refractivity contribution in [1.82, 2.24) is 10.3 Å². The molecule has 5 heteroatoms. The quantitative estimate of drug-likeness (QED) is 0.901. The van der Waals surface area contributed by atoms with Gasteiger partial charge in [-0.05, 0) is 31.5 Å². The van der Waals surface area contributed by atoms with Crippen LogP contribution in [0.2, 0.25) is 0 Å². The molecule has 0 radical (unpaired) electrons. The van der Waals surface area contributed by atoms with Crippen LogP contribution >= 0.6 is 0 Å². The molecule has 1 atom stereocenters. The van der Waals surface area contributed by atoms with Gasteiger partial charge in [0, 0.05) is 5.69 Å². The average Bonchev–Trinajstić information content (AvgIpc) is 2.47. The van der Waals surface area contributed by atoms with Gasteiger partial charge in [-0.3, -0.25) is 4.79 Å². The van der Waals surface area contributed by atoms with Crippen LogP contribution in [0.3, 0.4) is 0 Å². The summed E-state index contributed by atoms with van der Waals surface area (Å²) in [5, 5.41) is 12.1. The summed E-state index contributed by atoms with van der Waals surface area (Å²) in [5.74, 6) is -1.65. The van der Waals surface area contributed by atoms with Crippen molar-refractivity contribution in [2.24, 2.45) is 0 Å². The number of amides is 1. The van der Waals surface area contributed by atoms with Crippen LogP contribution in [0.15, 0.2) is 48.5 Å². The number of aliphatic carboxylic acids is 1. The molecular weight excluding hydrogens is 268 g/mol. The fraction of sp³-hybridized carbons (Fsp3) is 0.188. The maximum absolute atomic E-state index is 12.3. The Hall–Kier alpha value is -2.69. The molecule has 0 bridgehead atoms. The van der Waals surface area contributed by atoms with E-state index in [4.69, 9.17) is 0 Å². The van der Waals surface area contributed by atoms with Crippen molar-refractivity contribution >= 4 is 11.9 Å². The molecule has 0 saturated carbocycles. The lowest BCUT2D eigenvalue weighted by Gasteiger charge is -2.26. The molecule has 1 heterocycles. The van der Waals surface area contributed by atoms with Gasteiger partial charge in [-0.1, -0.05) is 36.4 Å². The average molecular weight is 284 g/mol. The highest BCUT2D eigenvalue weighted by Crippen LogP contribution is 2.21. The third kappa shape index (κ3) is 3.08. The number of hydrogen-bond donors (Lipinski definition) is 2. The smallest absolute Gasteiger partial charge is 0.333 e. The maximum atomic E-state index is 12.3. The number of carboxylic acid groups (broad SMARTS) is 1. The molecule has 1 aromatic heterocycles. The Balaban J connectivity index is 2.33. The second kappa shape index (κ2) is 5.75. The van der Waals surface area contributed by atoms with E-state index < -0.39 is 17.4 Å². The molecule has 108 valence electrons. The van der Waals surface area contributed by atoms with Gasteiger partial charge in [0.1, 0.15) is 5.69 Å². The lowest BCUT2D eigenvalue weighted by Crippen LogP contribution is -2.49. The molecule has 0 aliphatic rings. The minimum absolute atomic E-state index is 0.193. The van der Waals surface area contributed by atoms with E-state index in [0.717, 1.165) is 0 Å². The molecular formula is C16H16N2O3. The number of nitrogens with one attached hydrogen (secondary N) is 1. The fourth-order valence-corrected chi connectivity index (χ4v) is 1.98. The van der Waals surface area contributed by atoms with Gasteiger partial charge in [0.05, 0.1) is 0 Å². The molecule has 0 saturated heterocycles. The standard InChI is InChI=1S/C16H16N2O3/c1-11-7-6-10-13(17-11)14(19)18-16(2,15(20)21)12-8-4-3-5-9-12/h3-10H,1-2H3,(H,18,19)(H,20,21). The Morgan fingerprint density at radius 3 is 2.33 bits per heavy atom. The Bertz CT molecular complexity index is 670. The molecule has 0 spiro atoms. The van der Waals surface area contributed by atoms with Gasteiger partial charge in [-0.2, -0.15) is 0 Å². The van der Waals surface area contributed by atoms with Crippen molar-refractivity contribution in [3.8, 4) is 0 Å². The van der Waals surface area contributed by atoms with E-state index in [1.807, 2.05) is 0 Å². The maximum Gasteiger partial charge on any atom is 0.333 e. The number of carboxylic acids is 1. The van der Waals surface area contributed by atoms with E-state index in [0.29, 0.717) is 11.3 Å². The van der Waals surface area contributed by atoms with E-state index in [1.54, 1.807) is 55.5 Å². The van der Waals surface area contributed by atoms with E-state index in [-0.39, 0.29) is 5.69 Å². The summed E-state index contributed by atoms with van der Waals surface area (Å²) in [4.78, 5) is 28.0. The van der Waals surface area contributed by atoms with Crippen LogP contribution in [-0.4, -0.2) is 22.0 Å². The van der Waals surface area contributed by atoms with Crippen LogP contribution in [0.1, 0.15) is 28.7 Å². The second-order valence-corrected chi connectivity index (χ2v) is 4.91. The van der Waals surface area contributed by atoms with Crippen LogP contribution in [-0.2, 0) is 10.3 Å². The normalized spacial score (nSPS) is 13.2. The molecule has 2 N–H and O–H groups in total. The highest BCUT2D eigenvalue weighted by atomic mass is 16.4. The van der Waals surface area contributed by atoms with Crippen molar-refractivity contribution < 1.29 is 14.7 Å². The summed E-state index contributed by atoms with van der Waals surface area (Å²) >= 11 is 0. The highest BCUT2D eigenvalue weighted by molar-refractivity contribution is 5.96. The Morgan fingerprint density at radius 1 is 1.10 bits per heavy atom. The molecule has 21 heavy (non-hydrogen) atoms. The monoisotopic (exact) mass is 284 g/mol. The van der Waals surface area contributed by atoms with Gasteiger partial charge in [0.2, 0.25) is 0 Å². The Kier molecular flexibility index (Phi) is 4.03. The number of hydrogen-bond acceptors (Lipinski definition) is 3. The Labute approximate surface area is 122 Å². The minimum Gasteiger partial charge on any atom is -0.479 e. The van der Waals surface area contributed by atoms with E-state index >= 15 is 0 Å². The molecule has 0 aliphatic carbocycles. The topological polar surface area (TPSA) is 79.3 Å². The van der Waals surface area contributed by atoms with E-state index in [1.165, 1.54) is 6.92 Å². The van der Waals surface area contributed by atoms with E-state index in [2.05, 4.69) is 10.3 Å². The molecule has 1 aromatic carbocycles. The number of carbonyl (C=O) groups is 2. The summed E-state index contributed by atoms with van der Waals surface area (Å²) in [6.07, 6.45) is 0. The lowest BCUT2D eigenvalue weighted by molar-refractivity contribution is -0.144. The van der Waals surface area contributed by atoms with Gasteiger partial charge in [-0.25, -0.2) is 9.78 Å². The first-order chi connectivity index (χ1) is 9.93. The summed E-state index contributed by atoms with van der Waals surface area (Å²) in [6.45, 7) is 3.22. The first-order valence-corrected chi connectivity index (χ1v) is 6.48. The zero-order valence-electron chi connectivity index (χ0n) is 11.8. The predicted octanol–water partition coefficient (Wildman–Crippen LogP) is 2.12. The summed E-state index contributed by atoms with van der Waals surface area (Å²) in [7, 11) is 0. The zero-order valence-corrected chi connectivity index (χ0v) is 11.8. The van der Waals surface area contributed by atoms with Crippen molar-refractivity contribution in [3.05, 3.63) is 65.5 Å². The SMILES string of the molecule is Cc1cccc(C(=O)NC(C)(C(=O)O)c2ccccc2)n1. The molecule has 1 amide bonds. The van der Waals surface area contributed by atoms with Crippen LogP contribution < -0.4 is 5.32 Å². The summed E-state index contributed by atoms with van der Waals surface area (Å²) in [6, 6.07) is 13.6. The lowest BCUT2D eigenvalue weighted by atomic mass is 9.92. The first kappa shape index (κ1) is 14.7. The third-order valence-electron chi connectivity index (χ3n) is 3.26. The van der Waals surface area contributed by atoms with Crippen LogP contribution in [0, 0.1) is 6.92 Å². The van der Waals surface area contributed by atoms with Crippen LogP contribution in [0.5, 0.6) is 0 Å². The molecule has 5 nitrogen and oxygen atoms in total. The highest BCUT2D eigenvalue weighted by Gasteiger charge is 2.37. The number of aryl methyl sites for hydroxylation is 1. The van der Waals surface area contributed by atoms with Gasteiger partial charge in [0.25, 0.3) is 5.91 Å². The first-order valence-electron chi connectivity index (χ1n) is 6.48. The minimum atomic E-state index is -1.51. The fourth-order valence-electron chi connectivity index (χ4n) is 1.98. The van der Waals surface area contributed by atoms with Crippen molar-refractivity contribution in [2.45, 2.75) is 19.4 Å². The van der Waals surface area contributed by atoms with Crippen molar-refractivity contribution in [1.29, 1.82) is 0 Å². The summed E-state index contributed by atoms with van der Waals surface area (Å²) in [5.41, 5.74) is -0.125. The van der Waals surface area contributed by atoms with Gasteiger partial charge in [-0.15, -0.1) is 0 Å². The van der Waals surface area contributed by atoms with Crippen molar-refractivity contribution in [3.63, 3.8) is 0 Å². The number of pyridine rings is 1. The molecule has 0 fully saturated rings. The van der Waals surface area contributed by atoms with Gasteiger partial charge in [0.15, 0.2) is 5.54 Å². The molecule has 1 unspecified atom stereocenters. The number of rotatable bonds is 4. The number of nitrogens with zero attached hydrogens (tertiary/aromatic N) is 1. The van der Waals surface area contributed by atoms with Gasteiger partial charge < -0.3 is 10.4 Å². The van der Waals surface area contributed by atoms with Crippen LogP contribution in [0.25, 0.3) is 0 Å². The zero-order chi connectivity index (χ0) is 15.5. The predicted molar refractivity (Wildman–Crippen MR) is 77.9 cm³/mol. The second-order valence-electron chi connectivity index (χ2n) is 4.91. The number of aromatic nitrogens is 1. The molecule has 2 aromatic rings.